The molecule has 1 N–H and O–H groups in total. The van der Waals surface area contributed by atoms with Gasteiger partial charge in [0.2, 0.25) is 0 Å². The number of aryl methyl sites for hydroxylation is 1. The minimum absolute atomic E-state index is 0.144. The summed E-state index contributed by atoms with van der Waals surface area (Å²) in [6, 6.07) is 7.45. The van der Waals surface area contributed by atoms with Gasteiger partial charge in [-0.1, -0.05) is 12.1 Å². The Morgan fingerprint density at radius 3 is 2.76 bits per heavy atom. The summed E-state index contributed by atoms with van der Waals surface area (Å²) in [6.07, 6.45) is 0.0202. The number of carbonyl (C=O) groups is 2. The fourth-order valence-corrected chi connectivity index (χ4v) is 3.76. The van der Waals surface area contributed by atoms with Crippen molar-refractivity contribution in [1.29, 1.82) is 0 Å². The standard InChI is InChI=1S/C18H22N2O3S2/c1-12(2)23-17(21)8-9-19-18(22)15-6-4-5-7-16(15)25-11-14-10-24-13(3)20-14/h4-7,10,12H,8-9,11H2,1-3H3,(H,19,22). The highest BCUT2D eigenvalue weighted by molar-refractivity contribution is 7.98. The third-order valence-corrected chi connectivity index (χ3v) is 5.09. The third-order valence-electron chi connectivity index (χ3n) is 3.16. The number of amides is 1. The number of rotatable bonds is 8. The van der Waals surface area contributed by atoms with Gasteiger partial charge in [-0.2, -0.15) is 0 Å². The Hall–Kier alpha value is -1.86. The molecule has 0 atom stereocenters. The van der Waals surface area contributed by atoms with Crippen molar-refractivity contribution >= 4 is 35.0 Å². The molecule has 0 aliphatic heterocycles. The molecule has 0 radical (unpaired) electrons. The quantitative estimate of drug-likeness (QED) is 0.559. The van der Waals surface area contributed by atoms with E-state index in [1.165, 1.54) is 0 Å². The highest BCUT2D eigenvalue weighted by atomic mass is 32.2. The molecular weight excluding hydrogens is 356 g/mol. The van der Waals surface area contributed by atoms with Crippen molar-refractivity contribution in [3.8, 4) is 0 Å². The van der Waals surface area contributed by atoms with Crippen molar-refractivity contribution in [3.63, 3.8) is 0 Å². The topological polar surface area (TPSA) is 68.3 Å². The molecule has 1 heterocycles. The zero-order valence-electron chi connectivity index (χ0n) is 14.6. The van der Waals surface area contributed by atoms with Gasteiger partial charge >= 0.3 is 5.97 Å². The van der Waals surface area contributed by atoms with Gasteiger partial charge in [-0.05, 0) is 32.9 Å². The van der Waals surface area contributed by atoms with Crippen molar-refractivity contribution in [1.82, 2.24) is 10.3 Å². The van der Waals surface area contributed by atoms with Gasteiger partial charge in [-0.25, -0.2) is 4.98 Å². The number of nitrogens with one attached hydrogen (secondary N) is 1. The number of benzene rings is 1. The van der Waals surface area contributed by atoms with Gasteiger partial charge in [0.25, 0.3) is 5.91 Å². The van der Waals surface area contributed by atoms with Gasteiger partial charge in [0.15, 0.2) is 0 Å². The summed E-state index contributed by atoms with van der Waals surface area (Å²) in [7, 11) is 0. The van der Waals surface area contributed by atoms with E-state index >= 15 is 0 Å². The molecule has 7 heteroatoms. The van der Waals surface area contributed by atoms with E-state index in [0.717, 1.165) is 21.3 Å². The van der Waals surface area contributed by atoms with Crippen LogP contribution in [0, 0.1) is 6.92 Å². The second-order valence-electron chi connectivity index (χ2n) is 5.69. The number of esters is 1. The number of nitrogens with zero attached hydrogens (tertiary/aromatic N) is 1. The third kappa shape index (κ3) is 6.51. The van der Waals surface area contributed by atoms with Crippen molar-refractivity contribution in [2.24, 2.45) is 0 Å². The molecule has 5 nitrogen and oxygen atoms in total. The second kappa shape index (κ2) is 9.58. The normalized spacial score (nSPS) is 10.7. The summed E-state index contributed by atoms with van der Waals surface area (Å²) in [5, 5.41) is 5.85. The average molecular weight is 379 g/mol. The lowest BCUT2D eigenvalue weighted by Gasteiger charge is -2.10. The molecule has 2 aromatic rings. The Kier molecular flexibility index (Phi) is 7.46. The summed E-state index contributed by atoms with van der Waals surface area (Å²) in [6.45, 7) is 5.83. The van der Waals surface area contributed by atoms with E-state index in [1.807, 2.05) is 30.5 Å². The maximum atomic E-state index is 12.4. The van der Waals surface area contributed by atoms with Gasteiger partial charge in [-0.3, -0.25) is 9.59 Å². The van der Waals surface area contributed by atoms with Gasteiger partial charge in [0.1, 0.15) is 0 Å². The first-order chi connectivity index (χ1) is 12.0. The molecule has 134 valence electrons. The summed E-state index contributed by atoms with van der Waals surface area (Å²) in [5.41, 5.74) is 1.62. The van der Waals surface area contributed by atoms with Crippen molar-refractivity contribution in [2.45, 2.75) is 43.9 Å². The Bertz CT molecular complexity index is 729. The van der Waals surface area contributed by atoms with E-state index in [-0.39, 0.29) is 30.9 Å². The van der Waals surface area contributed by atoms with Crippen LogP contribution in [0.1, 0.15) is 41.3 Å². The summed E-state index contributed by atoms with van der Waals surface area (Å²) in [4.78, 5) is 29.2. The Morgan fingerprint density at radius 2 is 2.08 bits per heavy atom. The van der Waals surface area contributed by atoms with Gasteiger partial charge in [0.05, 0.1) is 28.8 Å². The minimum atomic E-state index is -0.308. The molecule has 0 bridgehead atoms. The molecular formula is C18H22N2O3S2. The van der Waals surface area contributed by atoms with E-state index < -0.39 is 0 Å². The summed E-state index contributed by atoms with van der Waals surface area (Å²) < 4.78 is 5.05. The van der Waals surface area contributed by atoms with Crippen LogP contribution in [0.15, 0.2) is 34.5 Å². The molecule has 25 heavy (non-hydrogen) atoms. The van der Waals surface area contributed by atoms with Gasteiger partial charge < -0.3 is 10.1 Å². The number of thiazole rings is 1. The number of thioether (sulfide) groups is 1. The Morgan fingerprint density at radius 1 is 1.32 bits per heavy atom. The molecule has 1 amide bonds. The van der Waals surface area contributed by atoms with Crippen molar-refractivity contribution in [2.75, 3.05) is 6.54 Å². The van der Waals surface area contributed by atoms with Crippen LogP contribution in [0.2, 0.25) is 0 Å². The molecule has 0 saturated carbocycles. The molecule has 2 rings (SSSR count). The lowest BCUT2D eigenvalue weighted by Crippen LogP contribution is -2.27. The molecule has 0 aliphatic carbocycles. The van der Waals surface area contributed by atoms with Crippen LogP contribution >= 0.6 is 23.1 Å². The highest BCUT2D eigenvalue weighted by Gasteiger charge is 2.13. The smallest absolute Gasteiger partial charge is 0.307 e. The van der Waals surface area contributed by atoms with E-state index in [4.69, 9.17) is 4.74 Å². The molecule has 0 unspecified atom stereocenters. The van der Waals surface area contributed by atoms with Crippen LogP contribution in [-0.2, 0) is 15.3 Å². The van der Waals surface area contributed by atoms with Crippen LogP contribution in [0.25, 0.3) is 0 Å². The van der Waals surface area contributed by atoms with Gasteiger partial charge in [-0.15, -0.1) is 23.1 Å². The SMILES string of the molecule is Cc1nc(CSc2ccccc2C(=O)NCCC(=O)OC(C)C)cs1. The highest BCUT2D eigenvalue weighted by Crippen LogP contribution is 2.26. The molecule has 0 aliphatic rings. The van der Waals surface area contributed by atoms with E-state index in [9.17, 15) is 9.59 Å². The van der Waals surface area contributed by atoms with Crippen LogP contribution in [0.5, 0.6) is 0 Å². The lowest BCUT2D eigenvalue weighted by atomic mass is 10.2. The number of hydrogen-bond acceptors (Lipinski definition) is 6. The Balaban J connectivity index is 1.90. The van der Waals surface area contributed by atoms with Crippen molar-refractivity contribution < 1.29 is 14.3 Å². The fourth-order valence-electron chi connectivity index (χ4n) is 2.10. The second-order valence-corrected chi connectivity index (χ2v) is 7.77. The predicted molar refractivity (Wildman–Crippen MR) is 101 cm³/mol. The Labute approximate surface area is 156 Å². The zero-order valence-corrected chi connectivity index (χ0v) is 16.2. The maximum absolute atomic E-state index is 12.4. The van der Waals surface area contributed by atoms with Crippen LogP contribution in [0.3, 0.4) is 0 Å². The number of carbonyl (C=O) groups excluding carboxylic acids is 2. The first-order valence-corrected chi connectivity index (χ1v) is 9.92. The molecule has 1 aromatic carbocycles. The van der Waals surface area contributed by atoms with E-state index in [1.54, 1.807) is 43.0 Å². The first-order valence-electron chi connectivity index (χ1n) is 8.06. The fraction of sp³-hybridized carbons (Fsp3) is 0.389. The molecule has 0 saturated heterocycles. The monoisotopic (exact) mass is 378 g/mol. The van der Waals surface area contributed by atoms with Crippen LogP contribution in [-0.4, -0.2) is 29.5 Å². The van der Waals surface area contributed by atoms with Crippen LogP contribution < -0.4 is 5.32 Å². The summed E-state index contributed by atoms with van der Waals surface area (Å²) >= 11 is 3.20. The number of ether oxygens (including phenoxy) is 1. The summed E-state index contributed by atoms with van der Waals surface area (Å²) in [5.74, 6) is 0.224. The number of aromatic nitrogens is 1. The molecule has 0 spiro atoms. The molecule has 0 fully saturated rings. The average Bonchev–Trinajstić information content (AvgIpc) is 2.98. The number of hydrogen-bond donors (Lipinski definition) is 1. The van der Waals surface area contributed by atoms with E-state index in [0.29, 0.717) is 5.56 Å². The van der Waals surface area contributed by atoms with Gasteiger partial charge in [0, 0.05) is 22.6 Å². The van der Waals surface area contributed by atoms with Crippen molar-refractivity contribution in [3.05, 3.63) is 45.9 Å². The molecule has 1 aromatic heterocycles. The van der Waals surface area contributed by atoms with Crippen LogP contribution in [0.4, 0.5) is 0 Å². The lowest BCUT2D eigenvalue weighted by molar-refractivity contribution is -0.147. The maximum Gasteiger partial charge on any atom is 0.307 e. The zero-order chi connectivity index (χ0) is 18.2. The largest absolute Gasteiger partial charge is 0.463 e. The van der Waals surface area contributed by atoms with E-state index in [2.05, 4.69) is 10.3 Å². The first kappa shape index (κ1) is 19.5. The predicted octanol–water partition coefficient (Wildman–Crippen LogP) is 3.82. The minimum Gasteiger partial charge on any atom is -0.463 e.